The van der Waals surface area contributed by atoms with Crippen LogP contribution >= 0.6 is 0 Å². The van der Waals surface area contributed by atoms with Crippen LogP contribution in [0.25, 0.3) is 0 Å². The van der Waals surface area contributed by atoms with Gasteiger partial charge in [-0.1, -0.05) is 37.3 Å². The van der Waals surface area contributed by atoms with Gasteiger partial charge in [-0.25, -0.2) is 17.2 Å². The summed E-state index contributed by atoms with van der Waals surface area (Å²) in [4.78, 5) is 12.1. The molecule has 2 rings (SSSR count). The third kappa shape index (κ3) is 6.30. The van der Waals surface area contributed by atoms with Crippen LogP contribution in [0.15, 0.2) is 48.5 Å². The first kappa shape index (κ1) is 21.8. The van der Waals surface area contributed by atoms with Crippen LogP contribution in [-0.4, -0.2) is 33.7 Å². The Morgan fingerprint density at radius 1 is 1.11 bits per heavy atom. The molecule has 2 aromatic carbocycles. The fourth-order valence-corrected chi connectivity index (χ4v) is 3.72. The summed E-state index contributed by atoms with van der Waals surface area (Å²) in [5.41, 5.74) is 1.14. The molecule has 8 heteroatoms. The second kappa shape index (κ2) is 9.64. The summed E-state index contributed by atoms with van der Waals surface area (Å²) in [6, 6.07) is 12.7. The number of sulfonamides is 1. The highest BCUT2D eigenvalue weighted by Crippen LogP contribution is 2.21. The fourth-order valence-electron chi connectivity index (χ4n) is 2.76. The van der Waals surface area contributed by atoms with Gasteiger partial charge in [-0.05, 0) is 30.0 Å². The maximum Gasteiger partial charge on any atom is 0.232 e. The number of carbonyl (C=O) groups excluding carboxylic acids is 1. The van der Waals surface area contributed by atoms with Gasteiger partial charge >= 0.3 is 0 Å². The van der Waals surface area contributed by atoms with Crippen LogP contribution in [0.3, 0.4) is 0 Å². The summed E-state index contributed by atoms with van der Waals surface area (Å²) in [6.07, 6.45) is 1.35. The average molecular weight is 410 g/mol. The summed E-state index contributed by atoms with van der Waals surface area (Å²) in [5.74, 6) is -2.22. The molecule has 0 aliphatic rings. The number of nitrogens with zero attached hydrogens (tertiary/aromatic N) is 1. The maximum absolute atomic E-state index is 13.4. The van der Waals surface area contributed by atoms with Gasteiger partial charge in [-0.3, -0.25) is 9.10 Å². The number of nitrogens with one attached hydrogen (secondary N) is 1. The van der Waals surface area contributed by atoms with Crippen molar-refractivity contribution in [2.24, 2.45) is 0 Å². The molecule has 1 unspecified atom stereocenters. The van der Waals surface area contributed by atoms with E-state index >= 15 is 0 Å². The number of anilines is 1. The number of hydrogen-bond acceptors (Lipinski definition) is 3. The highest BCUT2D eigenvalue weighted by molar-refractivity contribution is 7.92. The number of halogens is 2. The quantitative estimate of drug-likeness (QED) is 0.689. The van der Waals surface area contributed by atoms with Crippen LogP contribution in [0.1, 0.15) is 31.2 Å². The second-order valence-corrected chi connectivity index (χ2v) is 8.56. The molecule has 0 spiro atoms. The van der Waals surface area contributed by atoms with E-state index in [1.165, 1.54) is 6.07 Å². The predicted octanol–water partition coefficient (Wildman–Crippen LogP) is 3.43. The first-order valence-electron chi connectivity index (χ1n) is 8.93. The Bertz CT molecular complexity index is 905. The van der Waals surface area contributed by atoms with Crippen molar-refractivity contribution < 1.29 is 22.0 Å². The van der Waals surface area contributed by atoms with E-state index in [9.17, 15) is 22.0 Å². The van der Waals surface area contributed by atoms with E-state index in [0.717, 1.165) is 28.3 Å². The van der Waals surface area contributed by atoms with Crippen molar-refractivity contribution >= 4 is 21.6 Å². The molecule has 0 bridgehead atoms. The molecule has 0 aliphatic carbocycles. The van der Waals surface area contributed by atoms with E-state index < -0.39 is 21.7 Å². The topological polar surface area (TPSA) is 66.5 Å². The Morgan fingerprint density at radius 3 is 2.39 bits per heavy atom. The number of rotatable bonds is 9. The third-order valence-corrected chi connectivity index (χ3v) is 5.52. The van der Waals surface area contributed by atoms with E-state index in [1.807, 2.05) is 37.3 Å². The Balaban J connectivity index is 1.88. The van der Waals surface area contributed by atoms with E-state index in [-0.39, 0.29) is 36.9 Å². The summed E-state index contributed by atoms with van der Waals surface area (Å²) >= 11 is 0. The van der Waals surface area contributed by atoms with Crippen LogP contribution in [0, 0.1) is 11.6 Å². The minimum Gasteiger partial charge on any atom is -0.356 e. The van der Waals surface area contributed by atoms with Gasteiger partial charge in [0.25, 0.3) is 0 Å². The summed E-state index contributed by atoms with van der Waals surface area (Å²) in [7, 11) is -3.69. The minimum absolute atomic E-state index is 0.00837. The second-order valence-electron chi connectivity index (χ2n) is 6.65. The average Bonchev–Trinajstić information content (AvgIpc) is 2.65. The molecular formula is C20H24F2N2O3S. The molecule has 28 heavy (non-hydrogen) atoms. The molecule has 0 saturated heterocycles. The molecule has 152 valence electrons. The molecule has 0 radical (unpaired) electrons. The lowest BCUT2D eigenvalue weighted by Crippen LogP contribution is -2.32. The van der Waals surface area contributed by atoms with E-state index in [0.29, 0.717) is 6.54 Å². The van der Waals surface area contributed by atoms with Crippen molar-refractivity contribution in [3.63, 3.8) is 0 Å². The normalized spacial score (nSPS) is 12.4. The lowest BCUT2D eigenvalue weighted by Gasteiger charge is -2.22. The lowest BCUT2D eigenvalue weighted by molar-refractivity contribution is -0.121. The molecule has 1 atom stereocenters. The molecule has 0 aliphatic heterocycles. The molecule has 0 fully saturated rings. The van der Waals surface area contributed by atoms with E-state index in [1.54, 1.807) is 0 Å². The van der Waals surface area contributed by atoms with Crippen molar-refractivity contribution in [1.82, 2.24) is 5.32 Å². The highest BCUT2D eigenvalue weighted by Gasteiger charge is 2.19. The first-order valence-corrected chi connectivity index (χ1v) is 10.8. The van der Waals surface area contributed by atoms with Gasteiger partial charge in [0, 0.05) is 25.6 Å². The van der Waals surface area contributed by atoms with Gasteiger partial charge in [0.2, 0.25) is 15.9 Å². The standard InChI is InChI=1S/C20H24F2N2O3S/c1-15(16-7-4-3-5-8-16)14-23-20(25)9-6-12-24(28(2,26)27)17-10-11-18(21)19(22)13-17/h3-5,7-8,10-11,13,15H,6,9,12,14H2,1-2H3,(H,23,25). The molecule has 0 aromatic heterocycles. The number of benzene rings is 2. The summed E-state index contributed by atoms with van der Waals surface area (Å²) < 4.78 is 51.5. The van der Waals surface area contributed by atoms with Crippen LogP contribution in [-0.2, 0) is 14.8 Å². The number of carbonyl (C=O) groups is 1. The Hall–Kier alpha value is -2.48. The SMILES string of the molecule is CC(CNC(=O)CCCN(c1ccc(F)c(F)c1)S(C)(=O)=O)c1ccccc1. The Labute approximate surface area is 164 Å². The van der Waals surface area contributed by atoms with Crippen molar-refractivity contribution in [1.29, 1.82) is 0 Å². The summed E-state index contributed by atoms with van der Waals surface area (Å²) in [5, 5.41) is 2.83. The van der Waals surface area contributed by atoms with Crippen molar-refractivity contribution in [3.05, 3.63) is 65.7 Å². The van der Waals surface area contributed by atoms with Gasteiger partial charge in [0.15, 0.2) is 11.6 Å². The molecule has 1 amide bonds. The number of amides is 1. The molecule has 0 heterocycles. The van der Waals surface area contributed by atoms with E-state index in [2.05, 4.69) is 5.32 Å². The largest absolute Gasteiger partial charge is 0.356 e. The van der Waals surface area contributed by atoms with E-state index in [4.69, 9.17) is 0 Å². The predicted molar refractivity (Wildman–Crippen MR) is 106 cm³/mol. The highest BCUT2D eigenvalue weighted by atomic mass is 32.2. The van der Waals surface area contributed by atoms with Gasteiger partial charge in [0.05, 0.1) is 11.9 Å². The lowest BCUT2D eigenvalue weighted by atomic mass is 10.0. The minimum atomic E-state index is -3.69. The van der Waals surface area contributed by atoms with Crippen LogP contribution in [0.4, 0.5) is 14.5 Å². The third-order valence-electron chi connectivity index (χ3n) is 4.33. The molecular weight excluding hydrogens is 386 g/mol. The smallest absolute Gasteiger partial charge is 0.232 e. The monoisotopic (exact) mass is 410 g/mol. The molecule has 0 saturated carbocycles. The van der Waals surface area contributed by atoms with Gasteiger partial charge in [-0.2, -0.15) is 0 Å². The van der Waals surface area contributed by atoms with Crippen LogP contribution in [0.5, 0.6) is 0 Å². The van der Waals surface area contributed by atoms with Gasteiger partial charge in [0.1, 0.15) is 0 Å². The van der Waals surface area contributed by atoms with Crippen molar-refractivity contribution in [3.8, 4) is 0 Å². The molecule has 2 aromatic rings. The zero-order chi connectivity index (χ0) is 20.7. The van der Waals surface area contributed by atoms with Gasteiger partial charge in [-0.15, -0.1) is 0 Å². The Kier molecular flexibility index (Phi) is 7.51. The zero-order valence-corrected chi connectivity index (χ0v) is 16.7. The van der Waals surface area contributed by atoms with Crippen molar-refractivity contribution in [2.75, 3.05) is 23.7 Å². The van der Waals surface area contributed by atoms with Crippen LogP contribution in [0.2, 0.25) is 0 Å². The molecule has 5 nitrogen and oxygen atoms in total. The summed E-state index contributed by atoms with van der Waals surface area (Å²) in [6.45, 7) is 2.47. The van der Waals surface area contributed by atoms with Gasteiger partial charge < -0.3 is 5.32 Å². The van der Waals surface area contributed by atoms with Crippen LogP contribution < -0.4 is 9.62 Å². The first-order chi connectivity index (χ1) is 13.2. The number of hydrogen-bond donors (Lipinski definition) is 1. The fraction of sp³-hybridized carbons (Fsp3) is 0.350. The van der Waals surface area contributed by atoms with Crippen molar-refractivity contribution in [2.45, 2.75) is 25.7 Å². The molecule has 1 N–H and O–H groups in total. The zero-order valence-electron chi connectivity index (χ0n) is 15.9. The Morgan fingerprint density at radius 2 is 1.79 bits per heavy atom. The maximum atomic E-state index is 13.4.